The summed E-state index contributed by atoms with van der Waals surface area (Å²) >= 11 is 1.98. The molecular formula is C17H27N3O2S. The van der Waals surface area contributed by atoms with Gasteiger partial charge < -0.3 is 20.3 Å². The Labute approximate surface area is 143 Å². The third kappa shape index (κ3) is 4.86. The van der Waals surface area contributed by atoms with Crippen LogP contribution >= 0.6 is 11.8 Å². The van der Waals surface area contributed by atoms with Crippen molar-refractivity contribution >= 4 is 17.7 Å². The van der Waals surface area contributed by atoms with E-state index >= 15 is 0 Å². The summed E-state index contributed by atoms with van der Waals surface area (Å²) in [7, 11) is 5.88. The summed E-state index contributed by atoms with van der Waals surface area (Å²) in [6, 6.07) is 7.73. The fourth-order valence-corrected chi connectivity index (χ4v) is 4.31. The lowest BCUT2D eigenvalue weighted by molar-refractivity contribution is -0.120. The minimum Gasteiger partial charge on any atom is -0.496 e. The van der Waals surface area contributed by atoms with Crippen molar-refractivity contribution in [1.29, 1.82) is 0 Å². The molecule has 1 aromatic rings. The van der Waals surface area contributed by atoms with Crippen LogP contribution in [0.5, 0.6) is 5.75 Å². The Hall–Kier alpha value is -1.24. The van der Waals surface area contributed by atoms with Gasteiger partial charge in [0.15, 0.2) is 0 Å². The Morgan fingerprint density at radius 1 is 1.39 bits per heavy atom. The number of methoxy groups -OCH3 is 1. The molecule has 1 amide bonds. The molecule has 1 fully saturated rings. The predicted octanol–water partition coefficient (Wildman–Crippen LogP) is 1.34. The monoisotopic (exact) mass is 337 g/mol. The maximum absolute atomic E-state index is 12.0. The van der Waals surface area contributed by atoms with E-state index in [1.54, 1.807) is 7.11 Å². The highest BCUT2D eigenvalue weighted by molar-refractivity contribution is 7.99. The SMILES string of the molecule is COc1ccccc1CNC(=O)CNC[C@@]1(N(C)C)CCSC1. The lowest BCUT2D eigenvalue weighted by Gasteiger charge is -2.35. The van der Waals surface area contributed by atoms with Crippen LogP contribution in [0.25, 0.3) is 0 Å². The molecule has 0 unspecified atom stereocenters. The van der Waals surface area contributed by atoms with Gasteiger partial charge >= 0.3 is 0 Å². The van der Waals surface area contributed by atoms with Crippen molar-refractivity contribution < 1.29 is 9.53 Å². The van der Waals surface area contributed by atoms with Crippen LogP contribution in [0.3, 0.4) is 0 Å². The van der Waals surface area contributed by atoms with Gasteiger partial charge in [-0.25, -0.2) is 0 Å². The molecule has 0 aliphatic carbocycles. The molecule has 2 rings (SSSR count). The summed E-state index contributed by atoms with van der Waals surface area (Å²) in [6.45, 7) is 1.67. The third-order valence-electron chi connectivity index (χ3n) is 4.44. The van der Waals surface area contributed by atoms with Gasteiger partial charge in [-0.15, -0.1) is 0 Å². The van der Waals surface area contributed by atoms with Gasteiger partial charge in [0.05, 0.1) is 13.7 Å². The van der Waals surface area contributed by atoms with E-state index in [-0.39, 0.29) is 11.4 Å². The van der Waals surface area contributed by atoms with Crippen molar-refractivity contribution in [3.8, 4) is 5.75 Å². The lowest BCUT2D eigenvalue weighted by Crippen LogP contribution is -2.53. The number of thioether (sulfide) groups is 1. The summed E-state index contributed by atoms with van der Waals surface area (Å²) in [4.78, 5) is 14.3. The molecule has 0 bridgehead atoms. The maximum atomic E-state index is 12.0. The van der Waals surface area contributed by atoms with E-state index in [1.807, 2.05) is 36.0 Å². The van der Waals surface area contributed by atoms with Gasteiger partial charge in [-0.3, -0.25) is 4.79 Å². The molecule has 0 spiro atoms. The van der Waals surface area contributed by atoms with E-state index in [4.69, 9.17) is 4.74 Å². The van der Waals surface area contributed by atoms with Crippen molar-refractivity contribution in [3.05, 3.63) is 29.8 Å². The number of carbonyl (C=O) groups excluding carboxylic acids is 1. The first-order valence-electron chi connectivity index (χ1n) is 7.92. The lowest BCUT2D eigenvalue weighted by atomic mass is 9.97. The third-order valence-corrected chi connectivity index (χ3v) is 5.67. The molecule has 0 radical (unpaired) electrons. The number of para-hydroxylation sites is 1. The van der Waals surface area contributed by atoms with E-state index in [0.717, 1.165) is 23.6 Å². The first kappa shape index (κ1) is 18.1. The maximum Gasteiger partial charge on any atom is 0.234 e. The van der Waals surface area contributed by atoms with Gasteiger partial charge in [0.25, 0.3) is 0 Å². The van der Waals surface area contributed by atoms with E-state index in [1.165, 1.54) is 12.2 Å². The fraction of sp³-hybridized carbons (Fsp3) is 0.588. The standard InChI is InChI=1S/C17H27N3O2S/c1-20(2)17(8-9-23-13-17)12-18-11-16(21)19-10-14-6-4-5-7-15(14)22-3/h4-7,18H,8-13H2,1-3H3,(H,19,21)/t17-/m0/s1. The highest BCUT2D eigenvalue weighted by atomic mass is 32.2. The van der Waals surface area contributed by atoms with Gasteiger partial charge in [-0.1, -0.05) is 18.2 Å². The first-order chi connectivity index (χ1) is 11.1. The average molecular weight is 337 g/mol. The van der Waals surface area contributed by atoms with Gasteiger partial charge in [0.2, 0.25) is 5.91 Å². The number of hydrogen-bond donors (Lipinski definition) is 2. The fourth-order valence-electron chi connectivity index (χ4n) is 2.76. The zero-order valence-corrected chi connectivity index (χ0v) is 15.0. The van der Waals surface area contributed by atoms with Crippen LogP contribution in [-0.2, 0) is 11.3 Å². The molecule has 6 heteroatoms. The molecule has 23 heavy (non-hydrogen) atoms. The summed E-state index contributed by atoms with van der Waals surface area (Å²) in [6.07, 6.45) is 1.17. The second-order valence-electron chi connectivity index (χ2n) is 6.11. The number of amides is 1. The van der Waals surface area contributed by atoms with Gasteiger partial charge in [0.1, 0.15) is 5.75 Å². The van der Waals surface area contributed by atoms with E-state index in [2.05, 4.69) is 29.6 Å². The largest absolute Gasteiger partial charge is 0.496 e. The molecule has 0 saturated carbocycles. The Kier molecular flexibility index (Phi) is 6.74. The molecule has 1 atom stereocenters. The van der Waals surface area contributed by atoms with Crippen LogP contribution in [0.4, 0.5) is 0 Å². The molecule has 1 saturated heterocycles. The highest BCUT2D eigenvalue weighted by Gasteiger charge is 2.36. The predicted molar refractivity (Wildman–Crippen MR) is 96.1 cm³/mol. The number of carbonyl (C=O) groups is 1. The number of rotatable bonds is 8. The van der Waals surface area contributed by atoms with E-state index in [9.17, 15) is 4.79 Å². The summed E-state index contributed by atoms with van der Waals surface area (Å²) < 4.78 is 5.29. The van der Waals surface area contributed by atoms with E-state index < -0.39 is 0 Å². The topological polar surface area (TPSA) is 53.6 Å². The van der Waals surface area contributed by atoms with Gasteiger partial charge in [-0.2, -0.15) is 11.8 Å². The Balaban J connectivity index is 1.75. The van der Waals surface area contributed by atoms with Crippen LogP contribution in [0.2, 0.25) is 0 Å². The molecular weight excluding hydrogens is 310 g/mol. The van der Waals surface area contributed by atoms with Crippen LogP contribution in [0.1, 0.15) is 12.0 Å². The number of benzene rings is 1. The summed E-state index contributed by atoms with van der Waals surface area (Å²) in [5.74, 6) is 3.13. The van der Waals surface area contributed by atoms with Gasteiger partial charge in [-0.05, 0) is 32.3 Å². The molecule has 5 nitrogen and oxygen atoms in total. The molecule has 1 aliphatic rings. The first-order valence-corrected chi connectivity index (χ1v) is 9.07. The zero-order chi connectivity index (χ0) is 16.7. The van der Waals surface area contributed by atoms with Crippen molar-refractivity contribution in [2.24, 2.45) is 0 Å². The summed E-state index contributed by atoms with van der Waals surface area (Å²) in [5, 5.41) is 6.26. The number of hydrogen-bond acceptors (Lipinski definition) is 5. The Morgan fingerprint density at radius 2 is 2.17 bits per heavy atom. The van der Waals surface area contributed by atoms with Crippen molar-refractivity contribution in [2.75, 3.05) is 45.8 Å². The van der Waals surface area contributed by atoms with Gasteiger partial charge in [0, 0.05) is 29.9 Å². The molecule has 0 aromatic heterocycles. The second-order valence-corrected chi connectivity index (χ2v) is 7.22. The minimum atomic E-state index is 0.00969. The second kappa shape index (κ2) is 8.57. The van der Waals surface area contributed by atoms with Crippen LogP contribution in [0, 0.1) is 0 Å². The molecule has 128 valence electrons. The van der Waals surface area contributed by atoms with Crippen molar-refractivity contribution in [3.63, 3.8) is 0 Å². The normalized spacial score (nSPS) is 20.7. The van der Waals surface area contributed by atoms with E-state index in [0.29, 0.717) is 13.1 Å². The number of ether oxygens (including phenoxy) is 1. The zero-order valence-electron chi connectivity index (χ0n) is 14.2. The number of nitrogens with one attached hydrogen (secondary N) is 2. The molecule has 1 aromatic carbocycles. The summed E-state index contributed by atoms with van der Waals surface area (Å²) in [5.41, 5.74) is 1.16. The number of likely N-dealkylation sites (N-methyl/N-ethyl adjacent to an activating group) is 1. The molecule has 2 N–H and O–H groups in total. The highest BCUT2D eigenvalue weighted by Crippen LogP contribution is 2.31. The Bertz CT molecular complexity index is 516. The number of nitrogens with zero attached hydrogens (tertiary/aromatic N) is 1. The van der Waals surface area contributed by atoms with Crippen molar-refractivity contribution in [1.82, 2.24) is 15.5 Å². The van der Waals surface area contributed by atoms with Crippen LogP contribution < -0.4 is 15.4 Å². The quantitative estimate of drug-likeness (QED) is 0.750. The Morgan fingerprint density at radius 3 is 2.83 bits per heavy atom. The van der Waals surface area contributed by atoms with Crippen molar-refractivity contribution in [2.45, 2.75) is 18.5 Å². The molecule has 1 aliphatic heterocycles. The van der Waals surface area contributed by atoms with Crippen LogP contribution in [0.15, 0.2) is 24.3 Å². The molecule has 1 heterocycles. The van der Waals surface area contributed by atoms with Crippen LogP contribution in [-0.4, -0.2) is 62.1 Å². The smallest absolute Gasteiger partial charge is 0.234 e. The minimum absolute atomic E-state index is 0.00969. The average Bonchev–Trinajstić information content (AvgIpc) is 3.03.